The highest BCUT2D eigenvalue weighted by molar-refractivity contribution is 9.10. The summed E-state index contributed by atoms with van der Waals surface area (Å²) in [4.78, 5) is 11.6. The first-order chi connectivity index (χ1) is 9.63. The van der Waals surface area contributed by atoms with E-state index in [0.29, 0.717) is 31.5 Å². The van der Waals surface area contributed by atoms with Crippen LogP contribution in [0.5, 0.6) is 0 Å². The van der Waals surface area contributed by atoms with E-state index in [4.69, 9.17) is 5.73 Å². The lowest BCUT2D eigenvalue weighted by Crippen LogP contribution is -2.25. The number of halogens is 2. The summed E-state index contributed by atoms with van der Waals surface area (Å²) in [5, 5.41) is 2.82. The van der Waals surface area contributed by atoms with Crippen LogP contribution in [0.25, 0.3) is 0 Å². The fourth-order valence-electron chi connectivity index (χ4n) is 1.94. The Balaban J connectivity index is 2.17. The van der Waals surface area contributed by atoms with E-state index in [1.54, 1.807) is 12.1 Å². The summed E-state index contributed by atoms with van der Waals surface area (Å²) in [7, 11) is 0. The molecular formula is C15H22BrFN2O. The van der Waals surface area contributed by atoms with Gasteiger partial charge >= 0.3 is 0 Å². The second-order valence-corrected chi connectivity index (χ2v) is 5.70. The van der Waals surface area contributed by atoms with E-state index in [1.165, 1.54) is 6.07 Å². The Morgan fingerprint density at radius 3 is 2.75 bits per heavy atom. The van der Waals surface area contributed by atoms with Gasteiger partial charge in [-0.3, -0.25) is 4.79 Å². The first-order valence-electron chi connectivity index (χ1n) is 7.04. The lowest BCUT2D eigenvalue weighted by atomic mass is 10.1. The van der Waals surface area contributed by atoms with E-state index in [9.17, 15) is 9.18 Å². The lowest BCUT2D eigenvalue weighted by Gasteiger charge is -2.07. The smallest absolute Gasteiger partial charge is 0.220 e. The highest BCUT2D eigenvalue weighted by Crippen LogP contribution is 2.15. The predicted molar refractivity (Wildman–Crippen MR) is 83.0 cm³/mol. The van der Waals surface area contributed by atoms with Crippen LogP contribution in [-0.2, 0) is 11.2 Å². The van der Waals surface area contributed by atoms with Crippen molar-refractivity contribution < 1.29 is 9.18 Å². The minimum atomic E-state index is -0.232. The van der Waals surface area contributed by atoms with Gasteiger partial charge in [-0.2, -0.15) is 0 Å². The molecule has 112 valence electrons. The highest BCUT2D eigenvalue weighted by Gasteiger charge is 2.04. The molecule has 0 aromatic heterocycles. The number of carbonyl (C=O) groups is 1. The monoisotopic (exact) mass is 344 g/mol. The summed E-state index contributed by atoms with van der Waals surface area (Å²) in [6.07, 6.45) is 5.05. The van der Waals surface area contributed by atoms with Crippen LogP contribution < -0.4 is 11.1 Å². The van der Waals surface area contributed by atoms with E-state index in [-0.39, 0.29) is 11.7 Å². The van der Waals surface area contributed by atoms with Crippen LogP contribution in [0.3, 0.4) is 0 Å². The fraction of sp³-hybridized carbons (Fsp3) is 0.533. The zero-order valence-electron chi connectivity index (χ0n) is 11.6. The molecule has 0 heterocycles. The number of benzene rings is 1. The average Bonchev–Trinajstić information content (AvgIpc) is 2.42. The number of amides is 1. The van der Waals surface area contributed by atoms with Crippen molar-refractivity contribution in [1.82, 2.24) is 5.32 Å². The molecule has 3 N–H and O–H groups in total. The molecule has 1 aromatic rings. The molecule has 3 nitrogen and oxygen atoms in total. The van der Waals surface area contributed by atoms with Crippen molar-refractivity contribution in [3.05, 3.63) is 34.1 Å². The molecule has 0 bridgehead atoms. The molecule has 0 saturated heterocycles. The second-order valence-electron chi connectivity index (χ2n) is 4.79. The first-order valence-corrected chi connectivity index (χ1v) is 7.83. The average molecular weight is 345 g/mol. The molecule has 0 aliphatic heterocycles. The van der Waals surface area contributed by atoms with Crippen molar-refractivity contribution in [3.8, 4) is 0 Å². The number of hydrogen-bond acceptors (Lipinski definition) is 2. The maximum absolute atomic E-state index is 13.5. The van der Waals surface area contributed by atoms with Crippen LogP contribution in [-0.4, -0.2) is 19.0 Å². The summed E-state index contributed by atoms with van der Waals surface area (Å²) in [5.41, 5.74) is 6.01. The molecule has 1 amide bonds. The molecule has 0 aliphatic carbocycles. The summed E-state index contributed by atoms with van der Waals surface area (Å²) in [6.45, 7) is 1.18. The zero-order chi connectivity index (χ0) is 14.8. The maximum atomic E-state index is 13.5. The number of rotatable bonds is 9. The predicted octanol–water partition coefficient (Wildman–Crippen LogP) is 3.16. The van der Waals surface area contributed by atoms with Crippen molar-refractivity contribution in [2.75, 3.05) is 13.1 Å². The van der Waals surface area contributed by atoms with Gasteiger partial charge in [-0.15, -0.1) is 0 Å². The molecule has 0 atom stereocenters. The molecule has 20 heavy (non-hydrogen) atoms. The molecule has 1 aromatic carbocycles. The van der Waals surface area contributed by atoms with Crippen LogP contribution in [0.15, 0.2) is 22.7 Å². The van der Waals surface area contributed by atoms with Gasteiger partial charge in [-0.05, 0) is 49.6 Å². The SMILES string of the molecule is NCCCCCCC(=O)NCCc1cc(Br)ccc1F. The van der Waals surface area contributed by atoms with Gasteiger partial charge < -0.3 is 11.1 Å². The van der Waals surface area contributed by atoms with E-state index < -0.39 is 0 Å². The third-order valence-electron chi connectivity index (χ3n) is 3.08. The maximum Gasteiger partial charge on any atom is 0.220 e. The number of unbranched alkanes of at least 4 members (excludes halogenated alkanes) is 3. The molecule has 0 saturated carbocycles. The Bertz CT molecular complexity index is 426. The van der Waals surface area contributed by atoms with Gasteiger partial charge in [0.15, 0.2) is 0 Å². The van der Waals surface area contributed by atoms with Crippen LogP contribution in [0.4, 0.5) is 4.39 Å². The molecule has 0 spiro atoms. The summed E-state index contributed by atoms with van der Waals surface area (Å²) in [6, 6.07) is 4.84. The Kier molecular flexibility index (Phi) is 8.46. The van der Waals surface area contributed by atoms with Gasteiger partial charge in [-0.1, -0.05) is 28.8 Å². The standard InChI is InChI=1S/C15H22BrFN2O/c16-13-6-7-14(17)12(11-13)8-10-19-15(20)5-3-1-2-4-9-18/h6-7,11H,1-5,8-10,18H2,(H,19,20). The Labute approximate surface area is 128 Å². The third-order valence-corrected chi connectivity index (χ3v) is 3.58. The second kappa shape index (κ2) is 9.88. The van der Waals surface area contributed by atoms with Gasteiger partial charge in [0.1, 0.15) is 5.82 Å². The number of hydrogen-bond donors (Lipinski definition) is 2. The molecular weight excluding hydrogens is 323 g/mol. The lowest BCUT2D eigenvalue weighted by molar-refractivity contribution is -0.121. The number of nitrogens with two attached hydrogens (primary N) is 1. The first kappa shape index (κ1) is 17.1. The van der Waals surface area contributed by atoms with Crippen LogP contribution >= 0.6 is 15.9 Å². The summed E-state index contributed by atoms with van der Waals surface area (Å²) in [5.74, 6) is -0.197. The van der Waals surface area contributed by atoms with Crippen molar-refractivity contribution in [3.63, 3.8) is 0 Å². The highest BCUT2D eigenvalue weighted by atomic mass is 79.9. The van der Waals surface area contributed by atoms with Crippen molar-refractivity contribution in [2.45, 2.75) is 38.5 Å². The molecule has 0 radical (unpaired) electrons. The molecule has 5 heteroatoms. The normalized spacial score (nSPS) is 10.6. The van der Waals surface area contributed by atoms with Gasteiger partial charge in [0.05, 0.1) is 0 Å². The van der Waals surface area contributed by atoms with Gasteiger partial charge in [0, 0.05) is 17.4 Å². The van der Waals surface area contributed by atoms with Crippen molar-refractivity contribution >= 4 is 21.8 Å². The minimum Gasteiger partial charge on any atom is -0.356 e. The molecule has 0 aliphatic rings. The molecule has 0 fully saturated rings. The fourth-order valence-corrected chi connectivity index (χ4v) is 2.35. The Morgan fingerprint density at radius 1 is 1.25 bits per heavy atom. The Morgan fingerprint density at radius 2 is 2.00 bits per heavy atom. The van der Waals surface area contributed by atoms with E-state index >= 15 is 0 Å². The summed E-state index contributed by atoms with van der Waals surface area (Å²) >= 11 is 3.31. The van der Waals surface area contributed by atoms with Crippen LogP contribution in [0, 0.1) is 5.82 Å². The van der Waals surface area contributed by atoms with Crippen LogP contribution in [0.2, 0.25) is 0 Å². The largest absolute Gasteiger partial charge is 0.356 e. The van der Waals surface area contributed by atoms with Gasteiger partial charge in [0.2, 0.25) is 5.91 Å². The van der Waals surface area contributed by atoms with Gasteiger partial charge in [-0.25, -0.2) is 4.39 Å². The van der Waals surface area contributed by atoms with Crippen molar-refractivity contribution in [2.24, 2.45) is 5.73 Å². The molecule has 1 rings (SSSR count). The van der Waals surface area contributed by atoms with Gasteiger partial charge in [0.25, 0.3) is 0 Å². The minimum absolute atomic E-state index is 0.0353. The number of carbonyl (C=O) groups excluding carboxylic acids is 1. The third kappa shape index (κ3) is 7.01. The van der Waals surface area contributed by atoms with E-state index in [2.05, 4.69) is 21.2 Å². The van der Waals surface area contributed by atoms with E-state index in [0.717, 1.165) is 30.2 Å². The summed E-state index contributed by atoms with van der Waals surface area (Å²) < 4.78 is 14.3. The number of nitrogens with one attached hydrogen (secondary N) is 1. The van der Waals surface area contributed by atoms with Crippen LogP contribution in [0.1, 0.15) is 37.7 Å². The zero-order valence-corrected chi connectivity index (χ0v) is 13.2. The Hall–Kier alpha value is -0.940. The molecule has 0 unspecified atom stereocenters. The van der Waals surface area contributed by atoms with Crippen molar-refractivity contribution in [1.29, 1.82) is 0 Å². The topological polar surface area (TPSA) is 55.1 Å². The quantitative estimate of drug-likeness (QED) is 0.676. The van der Waals surface area contributed by atoms with E-state index in [1.807, 2.05) is 0 Å².